The van der Waals surface area contributed by atoms with Gasteiger partial charge in [0.2, 0.25) is 5.91 Å². The molecule has 0 aliphatic carbocycles. The molecule has 0 atom stereocenters. The van der Waals surface area contributed by atoms with Crippen LogP contribution >= 0.6 is 12.4 Å². The number of hydrogen-bond acceptors (Lipinski definition) is 3. The normalized spacial score (nSPS) is 10.7. The molecule has 0 radical (unpaired) electrons. The van der Waals surface area contributed by atoms with Crippen LogP contribution in [0.1, 0.15) is 20.8 Å². The van der Waals surface area contributed by atoms with Crippen molar-refractivity contribution in [3.05, 3.63) is 0 Å². The van der Waals surface area contributed by atoms with Gasteiger partial charge >= 0.3 is 0 Å². The zero-order chi connectivity index (χ0) is 11.0. The van der Waals surface area contributed by atoms with Gasteiger partial charge in [-0.3, -0.25) is 4.79 Å². The van der Waals surface area contributed by atoms with Crippen LogP contribution in [0.15, 0.2) is 0 Å². The average molecular weight is 239 g/mol. The van der Waals surface area contributed by atoms with E-state index in [1.807, 2.05) is 0 Å². The summed E-state index contributed by atoms with van der Waals surface area (Å²) in [5.41, 5.74) is 0.141. The van der Waals surface area contributed by atoms with Gasteiger partial charge in [0.25, 0.3) is 0 Å². The SMILES string of the molecule is COCCNCC(=O)NCC(C)(C)C.Cl. The molecule has 0 saturated heterocycles. The van der Waals surface area contributed by atoms with Gasteiger partial charge < -0.3 is 15.4 Å². The second-order valence-electron chi connectivity index (χ2n) is 4.51. The fourth-order valence-electron chi connectivity index (χ4n) is 0.802. The van der Waals surface area contributed by atoms with Crippen molar-refractivity contribution in [2.45, 2.75) is 20.8 Å². The molecule has 0 aliphatic rings. The third-order valence-corrected chi connectivity index (χ3v) is 1.58. The lowest BCUT2D eigenvalue weighted by atomic mass is 9.97. The molecule has 92 valence electrons. The fourth-order valence-corrected chi connectivity index (χ4v) is 0.802. The molecule has 0 heterocycles. The van der Waals surface area contributed by atoms with Crippen LogP contribution < -0.4 is 10.6 Å². The number of halogens is 1. The molecular formula is C10H23ClN2O2. The van der Waals surface area contributed by atoms with Crippen molar-refractivity contribution in [3.63, 3.8) is 0 Å². The second kappa shape index (κ2) is 8.95. The summed E-state index contributed by atoms with van der Waals surface area (Å²) in [4.78, 5) is 11.2. The number of ether oxygens (including phenoxy) is 1. The molecule has 4 nitrogen and oxygen atoms in total. The number of amides is 1. The van der Waals surface area contributed by atoms with Crippen molar-refractivity contribution in [3.8, 4) is 0 Å². The van der Waals surface area contributed by atoms with Crippen molar-refractivity contribution in [1.29, 1.82) is 0 Å². The first-order chi connectivity index (χ1) is 6.45. The quantitative estimate of drug-likeness (QED) is 0.674. The molecule has 0 unspecified atom stereocenters. The van der Waals surface area contributed by atoms with Crippen LogP contribution in [0.25, 0.3) is 0 Å². The molecule has 0 aromatic carbocycles. The highest BCUT2D eigenvalue weighted by Gasteiger charge is 2.11. The Morgan fingerprint density at radius 3 is 2.40 bits per heavy atom. The van der Waals surface area contributed by atoms with Crippen molar-refractivity contribution < 1.29 is 9.53 Å². The van der Waals surface area contributed by atoms with Gasteiger partial charge in [-0.05, 0) is 5.41 Å². The third kappa shape index (κ3) is 13.7. The molecule has 0 aromatic rings. The average Bonchev–Trinajstić information content (AvgIpc) is 2.08. The van der Waals surface area contributed by atoms with E-state index in [-0.39, 0.29) is 23.7 Å². The topological polar surface area (TPSA) is 50.4 Å². The van der Waals surface area contributed by atoms with Crippen molar-refractivity contribution in [2.75, 3.05) is 33.4 Å². The summed E-state index contributed by atoms with van der Waals surface area (Å²) in [6, 6.07) is 0. The van der Waals surface area contributed by atoms with Crippen LogP contribution in [-0.4, -0.2) is 39.3 Å². The van der Waals surface area contributed by atoms with E-state index >= 15 is 0 Å². The Hall–Kier alpha value is -0.320. The predicted octanol–water partition coefficient (Wildman–Crippen LogP) is 0.806. The van der Waals surface area contributed by atoms with Gasteiger partial charge in [0.05, 0.1) is 13.2 Å². The Labute approximate surface area is 98.6 Å². The standard InChI is InChI=1S/C10H22N2O2.ClH/c1-10(2,3)8-12-9(13)7-11-5-6-14-4;/h11H,5-8H2,1-4H3,(H,12,13);1H. The van der Waals surface area contributed by atoms with Crippen LogP contribution in [0.3, 0.4) is 0 Å². The number of carbonyl (C=O) groups excluding carboxylic acids is 1. The summed E-state index contributed by atoms with van der Waals surface area (Å²) in [6.07, 6.45) is 0. The highest BCUT2D eigenvalue weighted by Crippen LogP contribution is 2.09. The zero-order valence-electron chi connectivity index (χ0n) is 10.1. The fraction of sp³-hybridized carbons (Fsp3) is 0.900. The Balaban J connectivity index is 0. The van der Waals surface area contributed by atoms with E-state index in [1.165, 1.54) is 0 Å². The van der Waals surface area contributed by atoms with Crippen molar-refractivity contribution >= 4 is 18.3 Å². The zero-order valence-corrected chi connectivity index (χ0v) is 10.9. The van der Waals surface area contributed by atoms with Gasteiger partial charge in [-0.2, -0.15) is 0 Å². The van der Waals surface area contributed by atoms with Crippen LogP contribution in [0, 0.1) is 5.41 Å². The Bertz CT molecular complexity index is 169. The van der Waals surface area contributed by atoms with Gasteiger partial charge in [0.1, 0.15) is 0 Å². The lowest BCUT2D eigenvalue weighted by Gasteiger charge is -2.18. The number of rotatable bonds is 6. The minimum absolute atomic E-state index is 0. The Kier molecular flexibility index (Phi) is 10.2. The molecule has 0 spiro atoms. The van der Waals surface area contributed by atoms with Crippen LogP contribution in [0.4, 0.5) is 0 Å². The summed E-state index contributed by atoms with van der Waals surface area (Å²) >= 11 is 0. The van der Waals surface area contributed by atoms with Crippen molar-refractivity contribution in [1.82, 2.24) is 10.6 Å². The number of carbonyl (C=O) groups is 1. The molecule has 1 amide bonds. The maximum Gasteiger partial charge on any atom is 0.233 e. The first-order valence-corrected chi connectivity index (χ1v) is 4.92. The summed E-state index contributed by atoms with van der Waals surface area (Å²) < 4.78 is 4.84. The molecule has 0 aromatic heterocycles. The van der Waals surface area contributed by atoms with Crippen LogP contribution in [0.5, 0.6) is 0 Å². The highest BCUT2D eigenvalue weighted by molar-refractivity contribution is 5.85. The minimum Gasteiger partial charge on any atom is -0.383 e. The lowest BCUT2D eigenvalue weighted by molar-refractivity contribution is -0.120. The first-order valence-electron chi connectivity index (χ1n) is 4.92. The van der Waals surface area contributed by atoms with Gasteiger partial charge in [-0.1, -0.05) is 20.8 Å². The van der Waals surface area contributed by atoms with Crippen molar-refractivity contribution in [2.24, 2.45) is 5.41 Å². The number of nitrogens with one attached hydrogen (secondary N) is 2. The molecule has 0 bridgehead atoms. The summed E-state index contributed by atoms with van der Waals surface area (Å²) in [5.74, 6) is 0.0380. The van der Waals surface area contributed by atoms with Gasteiger partial charge in [0, 0.05) is 20.2 Å². The van der Waals surface area contributed by atoms with Gasteiger partial charge in [-0.15, -0.1) is 12.4 Å². The predicted molar refractivity (Wildman–Crippen MR) is 64.5 cm³/mol. The monoisotopic (exact) mass is 238 g/mol. The van der Waals surface area contributed by atoms with E-state index in [9.17, 15) is 4.79 Å². The molecule has 0 saturated carbocycles. The molecule has 0 aliphatic heterocycles. The van der Waals surface area contributed by atoms with Crippen LogP contribution in [0.2, 0.25) is 0 Å². The maximum atomic E-state index is 11.2. The molecule has 5 heteroatoms. The number of hydrogen-bond donors (Lipinski definition) is 2. The van der Waals surface area contributed by atoms with E-state index in [2.05, 4.69) is 31.4 Å². The van der Waals surface area contributed by atoms with Crippen LogP contribution in [-0.2, 0) is 9.53 Å². The van der Waals surface area contributed by atoms with E-state index in [1.54, 1.807) is 7.11 Å². The van der Waals surface area contributed by atoms with Gasteiger partial charge in [0.15, 0.2) is 0 Å². The molecule has 0 rings (SSSR count). The summed E-state index contributed by atoms with van der Waals surface area (Å²) in [6.45, 7) is 8.67. The first kappa shape index (κ1) is 17.1. The lowest BCUT2D eigenvalue weighted by Crippen LogP contribution is -2.39. The molecule has 15 heavy (non-hydrogen) atoms. The Morgan fingerprint density at radius 1 is 1.33 bits per heavy atom. The molecule has 0 fully saturated rings. The number of methoxy groups -OCH3 is 1. The van der Waals surface area contributed by atoms with E-state index in [0.29, 0.717) is 26.2 Å². The molecular weight excluding hydrogens is 216 g/mol. The van der Waals surface area contributed by atoms with Gasteiger partial charge in [-0.25, -0.2) is 0 Å². The maximum absolute atomic E-state index is 11.2. The largest absolute Gasteiger partial charge is 0.383 e. The van der Waals surface area contributed by atoms with E-state index in [4.69, 9.17) is 4.74 Å². The smallest absolute Gasteiger partial charge is 0.233 e. The van der Waals surface area contributed by atoms with E-state index < -0.39 is 0 Å². The summed E-state index contributed by atoms with van der Waals surface area (Å²) in [5, 5.41) is 5.84. The Morgan fingerprint density at radius 2 is 1.93 bits per heavy atom. The minimum atomic E-state index is 0. The third-order valence-electron chi connectivity index (χ3n) is 1.58. The van der Waals surface area contributed by atoms with E-state index in [0.717, 1.165) is 0 Å². The second-order valence-corrected chi connectivity index (χ2v) is 4.51. The molecule has 2 N–H and O–H groups in total. The summed E-state index contributed by atoms with van der Waals surface area (Å²) in [7, 11) is 1.64. The highest BCUT2D eigenvalue weighted by atomic mass is 35.5.